The minimum Gasteiger partial charge on any atom is -0.385 e. The molecule has 1 fully saturated rings. The molecular weight excluding hydrogens is 278 g/mol. The first kappa shape index (κ1) is 15.0. The van der Waals surface area contributed by atoms with Crippen molar-refractivity contribution in [2.24, 2.45) is 13.0 Å². The van der Waals surface area contributed by atoms with Crippen molar-refractivity contribution in [2.75, 3.05) is 18.0 Å². The van der Waals surface area contributed by atoms with E-state index < -0.39 is 6.10 Å². The Bertz CT molecular complexity index is 633. The monoisotopic (exact) mass is 301 g/mol. The molecule has 1 aliphatic rings. The first-order valence-corrected chi connectivity index (χ1v) is 7.77. The molecule has 0 amide bonds. The topological polar surface area (TPSA) is 67.1 Å². The van der Waals surface area contributed by atoms with Crippen molar-refractivity contribution >= 4 is 5.95 Å². The zero-order chi connectivity index (χ0) is 15.7. The molecule has 0 saturated carbocycles. The van der Waals surface area contributed by atoms with E-state index in [1.165, 1.54) is 0 Å². The molecule has 1 saturated heterocycles. The van der Waals surface area contributed by atoms with Crippen LogP contribution in [0.15, 0.2) is 18.5 Å². The maximum atomic E-state index is 10.6. The zero-order valence-electron chi connectivity index (χ0n) is 13.4. The average Bonchev–Trinajstić information content (AvgIpc) is 2.92. The summed E-state index contributed by atoms with van der Waals surface area (Å²) in [5.41, 5.74) is 1.96. The zero-order valence-corrected chi connectivity index (χ0v) is 13.4. The van der Waals surface area contributed by atoms with Gasteiger partial charge >= 0.3 is 0 Å². The van der Waals surface area contributed by atoms with E-state index in [9.17, 15) is 5.11 Å². The Kier molecular flexibility index (Phi) is 4.11. The molecule has 2 atom stereocenters. The number of hydrogen-bond donors (Lipinski definition) is 1. The number of anilines is 1. The summed E-state index contributed by atoms with van der Waals surface area (Å²) in [6.45, 7) is 5.67. The summed E-state index contributed by atoms with van der Waals surface area (Å²) in [5.74, 6) is 1.65. The molecule has 1 N–H and O–H groups in total. The summed E-state index contributed by atoms with van der Waals surface area (Å²) >= 11 is 0. The van der Waals surface area contributed by atoms with E-state index in [0.29, 0.717) is 0 Å². The molecular formula is C16H23N5O. The number of aromatic nitrogens is 4. The summed E-state index contributed by atoms with van der Waals surface area (Å²) in [7, 11) is 1.92. The molecule has 3 rings (SSSR count). The largest absolute Gasteiger partial charge is 0.385 e. The highest BCUT2D eigenvalue weighted by molar-refractivity contribution is 5.33. The van der Waals surface area contributed by atoms with Crippen molar-refractivity contribution in [2.45, 2.75) is 32.8 Å². The summed E-state index contributed by atoms with van der Waals surface area (Å²) in [4.78, 5) is 15.5. The first-order valence-electron chi connectivity index (χ1n) is 7.77. The second-order valence-electron chi connectivity index (χ2n) is 6.14. The summed E-state index contributed by atoms with van der Waals surface area (Å²) in [6.07, 6.45) is 5.07. The number of aliphatic hydroxyl groups excluding tert-OH is 1. The maximum Gasteiger partial charge on any atom is 0.225 e. The van der Waals surface area contributed by atoms with Gasteiger partial charge in [0.05, 0.1) is 0 Å². The third-order valence-corrected chi connectivity index (χ3v) is 4.28. The van der Waals surface area contributed by atoms with Crippen molar-refractivity contribution in [3.63, 3.8) is 0 Å². The number of nitrogens with zero attached hydrogens (tertiary/aromatic N) is 5. The van der Waals surface area contributed by atoms with E-state index >= 15 is 0 Å². The molecule has 6 nitrogen and oxygen atoms in total. The highest BCUT2D eigenvalue weighted by Crippen LogP contribution is 2.30. The third-order valence-electron chi connectivity index (χ3n) is 4.28. The molecule has 3 heterocycles. The number of rotatable bonds is 3. The summed E-state index contributed by atoms with van der Waals surface area (Å²) in [5, 5.41) is 10.6. The fourth-order valence-corrected chi connectivity index (χ4v) is 3.17. The molecule has 1 aliphatic heterocycles. The number of hydrogen-bond acceptors (Lipinski definition) is 5. The van der Waals surface area contributed by atoms with Gasteiger partial charge in [-0.3, -0.25) is 0 Å². The highest BCUT2D eigenvalue weighted by Gasteiger charge is 2.30. The maximum absolute atomic E-state index is 10.6. The quantitative estimate of drug-likeness (QED) is 0.936. The molecule has 6 heteroatoms. The van der Waals surface area contributed by atoms with Crippen molar-refractivity contribution in [1.82, 2.24) is 19.5 Å². The van der Waals surface area contributed by atoms with Gasteiger partial charge < -0.3 is 14.6 Å². The minimum atomic E-state index is -0.547. The highest BCUT2D eigenvalue weighted by atomic mass is 16.3. The molecule has 118 valence electrons. The van der Waals surface area contributed by atoms with Crippen LogP contribution in [-0.4, -0.2) is 37.7 Å². The van der Waals surface area contributed by atoms with Crippen molar-refractivity contribution in [3.8, 4) is 0 Å². The molecule has 0 aromatic carbocycles. The van der Waals surface area contributed by atoms with Gasteiger partial charge in [0.2, 0.25) is 5.95 Å². The lowest BCUT2D eigenvalue weighted by Crippen LogP contribution is -2.39. The molecule has 0 bridgehead atoms. The molecule has 0 radical (unpaired) electrons. The van der Waals surface area contributed by atoms with Crippen LogP contribution >= 0.6 is 0 Å². The number of imidazole rings is 1. The second-order valence-corrected chi connectivity index (χ2v) is 6.14. The molecule has 2 aromatic heterocycles. The van der Waals surface area contributed by atoms with Gasteiger partial charge in [-0.1, -0.05) is 0 Å². The van der Waals surface area contributed by atoms with Crippen LogP contribution in [0.1, 0.15) is 36.2 Å². The third kappa shape index (κ3) is 2.97. The molecule has 2 unspecified atom stereocenters. The summed E-state index contributed by atoms with van der Waals surface area (Å²) < 4.78 is 1.89. The number of piperidine rings is 1. The van der Waals surface area contributed by atoms with Crippen LogP contribution < -0.4 is 4.90 Å². The van der Waals surface area contributed by atoms with Gasteiger partial charge in [-0.15, -0.1) is 0 Å². The Balaban J connectivity index is 1.78. The van der Waals surface area contributed by atoms with Gasteiger partial charge in [-0.05, 0) is 32.8 Å². The van der Waals surface area contributed by atoms with Crippen molar-refractivity contribution < 1.29 is 5.11 Å². The van der Waals surface area contributed by atoms with E-state index in [1.54, 1.807) is 6.20 Å². The lowest BCUT2D eigenvalue weighted by molar-refractivity contribution is 0.0872. The Labute approximate surface area is 130 Å². The predicted molar refractivity (Wildman–Crippen MR) is 84.6 cm³/mol. The van der Waals surface area contributed by atoms with Crippen LogP contribution in [0.4, 0.5) is 5.95 Å². The smallest absolute Gasteiger partial charge is 0.225 e. The molecule has 2 aromatic rings. The Morgan fingerprint density at radius 3 is 2.64 bits per heavy atom. The van der Waals surface area contributed by atoms with Gasteiger partial charge in [0, 0.05) is 49.8 Å². The van der Waals surface area contributed by atoms with Crippen LogP contribution in [-0.2, 0) is 7.05 Å². The molecule has 0 aliphatic carbocycles. The van der Waals surface area contributed by atoms with Gasteiger partial charge in [0.1, 0.15) is 11.9 Å². The lowest BCUT2D eigenvalue weighted by Gasteiger charge is -2.35. The van der Waals surface area contributed by atoms with E-state index in [1.807, 2.05) is 37.7 Å². The standard InChI is InChI=1S/C16H23N5O/c1-11-9-12(2)19-16(18-11)21-7-4-5-13(10-21)14(22)15-17-6-8-20(15)3/h6,8-9,13-14,22H,4-5,7,10H2,1-3H3. The van der Waals surface area contributed by atoms with Crippen LogP contribution in [0.25, 0.3) is 0 Å². The van der Waals surface area contributed by atoms with E-state index in [0.717, 1.165) is 49.1 Å². The second kappa shape index (κ2) is 6.04. The van der Waals surface area contributed by atoms with Gasteiger partial charge in [0.15, 0.2) is 0 Å². The van der Waals surface area contributed by atoms with E-state index in [4.69, 9.17) is 0 Å². The van der Waals surface area contributed by atoms with Crippen LogP contribution in [0.2, 0.25) is 0 Å². The fraction of sp³-hybridized carbons (Fsp3) is 0.562. The predicted octanol–water partition coefficient (Wildman–Crippen LogP) is 1.78. The molecule has 22 heavy (non-hydrogen) atoms. The van der Waals surface area contributed by atoms with Crippen LogP contribution in [0.3, 0.4) is 0 Å². The summed E-state index contributed by atoms with van der Waals surface area (Å²) in [6, 6.07) is 1.98. The lowest BCUT2D eigenvalue weighted by atomic mass is 9.92. The normalized spacial score (nSPS) is 20.2. The van der Waals surface area contributed by atoms with Gasteiger partial charge in [-0.2, -0.15) is 0 Å². The first-order chi connectivity index (χ1) is 10.5. The SMILES string of the molecule is Cc1cc(C)nc(N2CCCC(C(O)c3nccn3C)C2)n1. The minimum absolute atomic E-state index is 0.152. The Morgan fingerprint density at radius 1 is 1.27 bits per heavy atom. The van der Waals surface area contributed by atoms with E-state index in [2.05, 4.69) is 19.9 Å². The van der Waals surface area contributed by atoms with Gasteiger partial charge in [0.25, 0.3) is 0 Å². The van der Waals surface area contributed by atoms with Crippen LogP contribution in [0, 0.1) is 19.8 Å². The number of aliphatic hydroxyl groups is 1. The Hall–Kier alpha value is -1.95. The fourth-order valence-electron chi connectivity index (χ4n) is 3.17. The van der Waals surface area contributed by atoms with Gasteiger partial charge in [-0.25, -0.2) is 15.0 Å². The average molecular weight is 301 g/mol. The number of aryl methyl sites for hydroxylation is 3. The van der Waals surface area contributed by atoms with Crippen LogP contribution in [0.5, 0.6) is 0 Å². The molecule has 0 spiro atoms. The Morgan fingerprint density at radius 2 is 2.00 bits per heavy atom. The van der Waals surface area contributed by atoms with Crippen molar-refractivity contribution in [1.29, 1.82) is 0 Å². The van der Waals surface area contributed by atoms with E-state index in [-0.39, 0.29) is 5.92 Å². The van der Waals surface area contributed by atoms with Crippen molar-refractivity contribution in [3.05, 3.63) is 35.7 Å².